The second-order valence-electron chi connectivity index (χ2n) is 6.71. The predicted octanol–water partition coefficient (Wildman–Crippen LogP) is 2.26. The van der Waals surface area contributed by atoms with Crippen LogP contribution in [-0.2, 0) is 11.2 Å². The molecule has 1 aliphatic rings. The van der Waals surface area contributed by atoms with E-state index in [9.17, 15) is 9.90 Å². The maximum absolute atomic E-state index is 11.8. The van der Waals surface area contributed by atoms with E-state index < -0.39 is 6.10 Å². The summed E-state index contributed by atoms with van der Waals surface area (Å²) < 4.78 is 10.6. The van der Waals surface area contributed by atoms with Crippen LogP contribution in [0.2, 0.25) is 0 Å². The highest BCUT2D eigenvalue weighted by Gasteiger charge is 2.21. The first-order chi connectivity index (χ1) is 10.4. The predicted molar refractivity (Wildman–Crippen MR) is 84.0 cm³/mol. The van der Waals surface area contributed by atoms with Crippen LogP contribution in [-0.4, -0.2) is 30.5 Å². The summed E-state index contributed by atoms with van der Waals surface area (Å²) in [6.45, 7) is 6.71. The molecule has 0 saturated heterocycles. The average Bonchev–Trinajstić information content (AvgIpc) is 2.91. The number of aliphatic hydroxyl groups is 1. The Morgan fingerprint density at radius 1 is 1.32 bits per heavy atom. The van der Waals surface area contributed by atoms with Crippen molar-refractivity contribution in [3.8, 4) is 11.5 Å². The normalized spacial score (nSPS) is 14.7. The second kappa shape index (κ2) is 7.01. The van der Waals surface area contributed by atoms with Crippen LogP contribution in [0.25, 0.3) is 0 Å². The number of ether oxygens (including phenoxy) is 2. The van der Waals surface area contributed by atoms with Gasteiger partial charge in [-0.3, -0.25) is 4.79 Å². The summed E-state index contributed by atoms with van der Waals surface area (Å²) in [5.41, 5.74) is 0.895. The Balaban J connectivity index is 1.70. The molecule has 1 aromatic rings. The van der Waals surface area contributed by atoms with E-state index in [1.165, 1.54) is 0 Å². The molecule has 0 saturated carbocycles. The van der Waals surface area contributed by atoms with Gasteiger partial charge in [0, 0.05) is 13.0 Å². The Bertz CT molecular complexity index is 522. The fraction of sp³-hybridized carbons (Fsp3) is 0.588. The molecule has 0 aliphatic carbocycles. The van der Waals surface area contributed by atoms with Crippen molar-refractivity contribution in [2.24, 2.45) is 5.41 Å². The van der Waals surface area contributed by atoms with Crippen molar-refractivity contribution in [3.63, 3.8) is 0 Å². The van der Waals surface area contributed by atoms with Gasteiger partial charge in [-0.1, -0.05) is 26.8 Å². The summed E-state index contributed by atoms with van der Waals surface area (Å²) in [6, 6.07) is 5.73. The van der Waals surface area contributed by atoms with E-state index in [0.29, 0.717) is 25.8 Å². The lowest BCUT2D eigenvalue weighted by atomic mass is 9.87. The van der Waals surface area contributed by atoms with E-state index in [4.69, 9.17) is 9.47 Å². The number of carbonyl (C=O) groups excluding carboxylic acids is 1. The fourth-order valence-electron chi connectivity index (χ4n) is 2.22. The third-order valence-electron chi connectivity index (χ3n) is 3.82. The number of hydrogen-bond acceptors (Lipinski definition) is 4. The minimum atomic E-state index is -0.415. The Morgan fingerprint density at radius 2 is 2.05 bits per heavy atom. The number of rotatable bonds is 6. The standard InChI is InChI=1S/C17H25NO4/c1-17(2,3)15(19)8-9-18-16(20)7-5-12-4-6-13-14(10-12)22-11-21-13/h4,6,10,15,19H,5,7-9,11H2,1-3H3,(H,18,20). The van der Waals surface area contributed by atoms with Crippen LogP contribution in [0.1, 0.15) is 39.2 Å². The largest absolute Gasteiger partial charge is 0.454 e. The Hall–Kier alpha value is -1.75. The van der Waals surface area contributed by atoms with Crippen LogP contribution in [0.3, 0.4) is 0 Å². The fourth-order valence-corrected chi connectivity index (χ4v) is 2.22. The molecule has 122 valence electrons. The number of aryl methyl sites for hydroxylation is 1. The van der Waals surface area contributed by atoms with Gasteiger partial charge in [-0.05, 0) is 36.0 Å². The van der Waals surface area contributed by atoms with Crippen molar-refractivity contribution >= 4 is 5.91 Å². The van der Waals surface area contributed by atoms with Gasteiger partial charge in [0.25, 0.3) is 0 Å². The lowest BCUT2D eigenvalue weighted by molar-refractivity contribution is -0.121. The van der Waals surface area contributed by atoms with Gasteiger partial charge in [-0.15, -0.1) is 0 Å². The van der Waals surface area contributed by atoms with E-state index in [0.717, 1.165) is 17.1 Å². The number of aliphatic hydroxyl groups excluding tert-OH is 1. The molecule has 1 amide bonds. The van der Waals surface area contributed by atoms with E-state index >= 15 is 0 Å². The Kier molecular flexibility index (Phi) is 5.29. The summed E-state index contributed by atoms with van der Waals surface area (Å²) in [5.74, 6) is 1.49. The van der Waals surface area contributed by atoms with Gasteiger partial charge in [-0.25, -0.2) is 0 Å². The zero-order chi connectivity index (χ0) is 16.2. The molecule has 1 unspecified atom stereocenters. The molecule has 1 aromatic carbocycles. The van der Waals surface area contributed by atoms with Crippen LogP contribution in [0.15, 0.2) is 18.2 Å². The first kappa shape index (κ1) is 16.6. The molecule has 5 heteroatoms. The van der Waals surface area contributed by atoms with Crippen molar-refractivity contribution in [2.75, 3.05) is 13.3 Å². The van der Waals surface area contributed by atoms with Crippen LogP contribution < -0.4 is 14.8 Å². The lowest BCUT2D eigenvalue weighted by Crippen LogP contribution is -2.32. The molecule has 1 heterocycles. The third-order valence-corrected chi connectivity index (χ3v) is 3.82. The number of nitrogens with one attached hydrogen (secondary N) is 1. The number of hydrogen-bond donors (Lipinski definition) is 2. The SMILES string of the molecule is CC(C)(C)C(O)CCNC(=O)CCc1ccc2c(c1)OCO2. The smallest absolute Gasteiger partial charge is 0.231 e. The molecule has 1 atom stereocenters. The molecule has 2 N–H and O–H groups in total. The summed E-state index contributed by atoms with van der Waals surface area (Å²) in [5, 5.41) is 12.8. The molecule has 0 radical (unpaired) electrons. The minimum absolute atomic E-state index is 0.00113. The lowest BCUT2D eigenvalue weighted by Gasteiger charge is -2.25. The molecular weight excluding hydrogens is 282 g/mol. The van der Waals surface area contributed by atoms with Crippen molar-refractivity contribution in [2.45, 2.75) is 46.1 Å². The molecule has 1 aliphatic heterocycles. The van der Waals surface area contributed by atoms with Crippen molar-refractivity contribution in [1.29, 1.82) is 0 Å². The Morgan fingerprint density at radius 3 is 2.77 bits per heavy atom. The second-order valence-corrected chi connectivity index (χ2v) is 6.71. The topological polar surface area (TPSA) is 67.8 Å². The van der Waals surface area contributed by atoms with Gasteiger partial charge in [0.1, 0.15) is 0 Å². The molecule has 5 nitrogen and oxygen atoms in total. The molecule has 0 bridgehead atoms. The van der Waals surface area contributed by atoms with Crippen molar-refractivity contribution < 1.29 is 19.4 Å². The highest BCUT2D eigenvalue weighted by Crippen LogP contribution is 2.32. The summed E-state index contributed by atoms with van der Waals surface area (Å²) in [6.07, 6.45) is 1.23. The van der Waals surface area contributed by atoms with E-state index in [1.54, 1.807) is 0 Å². The van der Waals surface area contributed by atoms with Gasteiger partial charge >= 0.3 is 0 Å². The molecule has 2 rings (SSSR count). The van der Waals surface area contributed by atoms with Crippen LogP contribution in [0.5, 0.6) is 11.5 Å². The maximum Gasteiger partial charge on any atom is 0.231 e. The van der Waals surface area contributed by atoms with Gasteiger partial charge in [0.2, 0.25) is 12.7 Å². The van der Waals surface area contributed by atoms with Gasteiger partial charge in [0.15, 0.2) is 11.5 Å². The van der Waals surface area contributed by atoms with Crippen molar-refractivity contribution in [3.05, 3.63) is 23.8 Å². The number of carbonyl (C=O) groups is 1. The van der Waals surface area contributed by atoms with Crippen LogP contribution >= 0.6 is 0 Å². The molecule has 0 aromatic heterocycles. The van der Waals surface area contributed by atoms with Gasteiger partial charge < -0.3 is 19.9 Å². The minimum Gasteiger partial charge on any atom is -0.454 e. The monoisotopic (exact) mass is 307 g/mol. The summed E-state index contributed by atoms with van der Waals surface area (Å²) in [7, 11) is 0. The van der Waals surface area contributed by atoms with Gasteiger partial charge in [0.05, 0.1) is 6.10 Å². The summed E-state index contributed by atoms with van der Waals surface area (Å²) >= 11 is 0. The number of benzene rings is 1. The highest BCUT2D eigenvalue weighted by atomic mass is 16.7. The van der Waals surface area contributed by atoms with Crippen LogP contribution in [0.4, 0.5) is 0 Å². The summed E-state index contributed by atoms with van der Waals surface area (Å²) in [4.78, 5) is 11.8. The Labute approximate surface area is 131 Å². The van der Waals surface area contributed by atoms with E-state index in [-0.39, 0.29) is 18.1 Å². The van der Waals surface area contributed by atoms with E-state index in [2.05, 4.69) is 5.32 Å². The first-order valence-corrected chi connectivity index (χ1v) is 7.69. The first-order valence-electron chi connectivity index (χ1n) is 7.69. The zero-order valence-electron chi connectivity index (χ0n) is 13.5. The molecule has 0 spiro atoms. The number of fused-ring (bicyclic) bond motifs is 1. The third kappa shape index (κ3) is 4.63. The zero-order valence-corrected chi connectivity index (χ0v) is 13.5. The van der Waals surface area contributed by atoms with Gasteiger partial charge in [-0.2, -0.15) is 0 Å². The van der Waals surface area contributed by atoms with Crippen LogP contribution in [0, 0.1) is 5.41 Å². The quantitative estimate of drug-likeness (QED) is 0.846. The maximum atomic E-state index is 11.8. The van der Waals surface area contributed by atoms with E-state index in [1.807, 2.05) is 39.0 Å². The average molecular weight is 307 g/mol. The molecule has 0 fully saturated rings. The number of amides is 1. The highest BCUT2D eigenvalue weighted by molar-refractivity contribution is 5.76. The van der Waals surface area contributed by atoms with Crippen molar-refractivity contribution in [1.82, 2.24) is 5.32 Å². The molecule has 22 heavy (non-hydrogen) atoms. The molecular formula is C17H25NO4.